The van der Waals surface area contributed by atoms with Crippen LogP contribution in [0, 0.1) is 0 Å². The molecule has 0 amide bonds. The number of hydrogen-bond donors (Lipinski definition) is 0. The Morgan fingerprint density at radius 2 is 1.61 bits per heavy atom. The quantitative estimate of drug-likeness (QED) is 0.740. The molecule has 1 nitrogen and oxygen atoms in total. The molecule has 1 aromatic carbocycles. The first-order valence-electron chi connectivity index (χ1n) is 6.11. The number of hydrogen-bond acceptors (Lipinski definition) is 1. The fourth-order valence-corrected chi connectivity index (χ4v) is 2.03. The molecular weight excluding hydrogens is 220 g/mol. The van der Waals surface area contributed by atoms with Gasteiger partial charge in [0.2, 0.25) is 0 Å². The summed E-state index contributed by atoms with van der Waals surface area (Å²) in [5.41, 5.74) is 2.63. The average Bonchev–Trinajstić information content (AvgIpc) is 2.95. The molecule has 1 heteroatoms. The molecule has 0 aromatic heterocycles. The summed E-state index contributed by atoms with van der Waals surface area (Å²) in [7, 11) is 0. The molecular formula is C17H14O. The van der Waals surface area contributed by atoms with Crippen LogP contribution in [0.5, 0.6) is 5.75 Å². The van der Waals surface area contributed by atoms with Crippen molar-refractivity contribution >= 4 is 0 Å². The summed E-state index contributed by atoms with van der Waals surface area (Å²) in [6.45, 7) is 0. The normalized spacial score (nSPS) is 17.2. The Bertz CT molecular complexity index is 569. The summed E-state index contributed by atoms with van der Waals surface area (Å²) in [5.74, 6) is 1.79. The van der Waals surface area contributed by atoms with Crippen LogP contribution < -0.4 is 4.74 Å². The number of ether oxygens (including phenoxy) is 1. The second kappa shape index (κ2) is 4.92. The fourth-order valence-electron chi connectivity index (χ4n) is 2.03. The SMILES string of the molecule is C1=CC(=C2C=CC(Oc3ccccc3)=CC2)C=C1. The maximum atomic E-state index is 5.78. The molecule has 2 aliphatic carbocycles. The van der Waals surface area contributed by atoms with E-state index in [1.54, 1.807) is 0 Å². The predicted molar refractivity (Wildman–Crippen MR) is 74.2 cm³/mol. The van der Waals surface area contributed by atoms with Gasteiger partial charge in [0.05, 0.1) is 0 Å². The third-order valence-electron chi connectivity index (χ3n) is 2.98. The van der Waals surface area contributed by atoms with Crippen molar-refractivity contribution in [1.82, 2.24) is 0 Å². The minimum Gasteiger partial charge on any atom is -0.458 e. The van der Waals surface area contributed by atoms with Crippen molar-refractivity contribution in [2.75, 3.05) is 0 Å². The number of allylic oxidation sites excluding steroid dienone is 9. The highest BCUT2D eigenvalue weighted by Gasteiger charge is 2.06. The Morgan fingerprint density at radius 3 is 2.28 bits per heavy atom. The van der Waals surface area contributed by atoms with Gasteiger partial charge in [0.25, 0.3) is 0 Å². The first kappa shape index (κ1) is 10.8. The minimum atomic E-state index is 0.880. The zero-order valence-corrected chi connectivity index (χ0v) is 10.0. The molecule has 0 heterocycles. The summed E-state index contributed by atoms with van der Waals surface area (Å²) in [5, 5.41) is 0. The van der Waals surface area contributed by atoms with Crippen LogP contribution in [0.2, 0.25) is 0 Å². The standard InChI is InChI=1S/C17H14O/c1-2-8-16(9-3-1)18-17-12-10-15(11-13-17)14-6-4-5-7-14/h1-10,12-13H,11H2. The van der Waals surface area contributed by atoms with Crippen LogP contribution in [0.4, 0.5) is 0 Å². The van der Waals surface area contributed by atoms with E-state index in [-0.39, 0.29) is 0 Å². The molecule has 0 saturated carbocycles. The highest BCUT2D eigenvalue weighted by Crippen LogP contribution is 2.24. The molecule has 88 valence electrons. The molecule has 0 atom stereocenters. The van der Waals surface area contributed by atoms with Crippen molar-refractivity contribution < 1.29 is 4.74 Å². The van der Waals surface area contributed by atoms with Crippen molar-refractivity contribution in [3.8, 4) is 5.75 Å². The van der Waals surface area contributed by atoms with Crippen LogP contribution in [0.15, 0.2) is 89.8 Å². The second-order valence-electron chi connectivity index (χ2n) is 4.26. The Kier molecular flexibility index (Phi) is 2.97. The van der Waals surface area contributed by atoms with Crippen LogP contribution in [0.25, 0.3) is 0 Å². The summed E-state index contributed by atoms with van der Waals surface area (Å²) in [4.78, 5) is 0. The lowest BCUT2D eigenvalue weighted by Crippen LogP contribution is -1.97. The topological polar surface area (TPSA) is 9.23 Å². The fraction of sp³-hybridized carbons (Fsp3) is 0.0588. The van der Waals surface area contributed by atoms with Crippen LogP contribution in [0.3, 0.4) is 0 Å². The molecule has 1 aromatic rings. The van der Waals surface area contributed by atoms with E-state index in [2.05, 4.69) is 36.5 Å². The third kappa shape index (κ3) is 2.35. The largest absolute Gasteiger partial charge is 0.458 e. The van der Waals surface area contributed by atoms with Crippen molar-refractivity contribution in [2.45, 2.75) is 6.42 Å². The predicted octanol–water partition coefficient (Wildman–Crippen LogP) is 4.33. The van der Waals surface area contributed by atoms with Crippen molar-refractivity contribution in [1.29, 1.82) is 0 Å². The lowest BCUT2D eigenvalue weighted by molar-refractivity contribution is 0.441. The average molecular weight is 234 g/mol. The number of para-hydroxylation sites is 1. The molecule has 0 radical (unpaired) electrons. The first-order chi connectivity index (χ1) is 8.92. The lowest BCUT2D eigenvalue weighted by Gasteiger charge is -2.12. The van der Waals surface area contributed by atoms with Crippen LogP contribution in [-0.2, 0) is 0 Å². The van der Waals surface area contributed by atoms with Gasteiger partial charge in [-0.2, -0.15) is 0 Å². The molecule has 0 aliphatic heterocycles. The van der Waals surface area contributed by atoms with Crippen LogP contribution in [-0.4, -0.2) is 0 Å². The van der Waals surface area contributed by atoms with Gasteiger partial charge in [-0.25, -0.2) is 0 Å². The molecule has 0 fully saturated rings. The van der Waals surface area contributed by atoms with Gasteiger partial charge in [0.1, 0.15) is 11.5 Å². The Morgan fingerprint density at radius 1 is 0.833 bits per heavy atom. The highest BCUT2D eigenvalue weighted by molar-refractivity contribution is 5.50. The molecule has 0 saturated heterocycles. The summed E-state index contributed by atoms with van der Waals surface area (Å²) < 4.78 is 5.78. The van der Waals surface area contributed by atoms with E-state index in [4.69, 9.17) is 4.74 Å². The van der Waals surface area contributed by atoms with Crippen molar-refractivity contribution in [3.63, 3.8) is 0 Å². The van der Waals surface area contributed by atoms with Gasteiger partial charge in [-0.15, -0.1) is 0 Å². The number of rotatable bonds is 2. The third-order valence-corrected chi connectivity index (χ3v) is 2.98. The monoisotopic (exact) mass is 234 g/mol. The van der Waals surface area contributed by atoms with Gasteiger partial charge >= 0.3 is 0 Å². The van der Waals surface area contributed by atoms with Gasteiger partial charge in [-0.05, 0) is 41.9 Å². The van der Waals surface area contributed by atoms with E-state index in [0.717, 1.165) is 17.9 Å². The van der Waals surface area contributed by atoms with E-state index in [1.165, 1.54) is 11.1 Å². The van der Waals surface area contributed by atoms with Crippen molar-refractivity contribution in [2.24, 2.45) is 0 Å². The first-order valence-corrected chi connectivity index (χ1v) is 6.11. The van der Waals surface area contributed by atoms with E-state index in [9.17, 15) is 0 Å². The molecule has 3 rings (SSSR count). The molecule has 0 N–H and O–H groups in total. The van der Waals surface area contributed by atoms with E-state index >= 15 is 0 Å². The molecule has 0 spiro atoms. The van der Waals surface area contributed by atoms with E-state index in [1.807, 2.05) is 36.4 Å². The summed E-state index contributed by atoms with van der Waals surface area (Å²) in [6.07, 6.45) is 15.6. The van der Waals surface area contributed by atoms with E-state index < -0.39 is 0 Å². The van der Waals surface area contributed by atoms with Gasteiger partial charge in [0, 0.05) is 0 Å². The minimum absolute atomic E-state index is 0.880. The summed E-state index contributed by atoms with van der Waals surface area (Å²) in [6, 6.07) is 9.86. The smallest absolute Gasteiger partial charge is 0.127 e. The zero-order chi connectivity index (χ0) is 12.2. The Hall–Kier alpha value is -2.28. The lowest BCUT2D eigenvalue weighted by atomic mass is 10.0. The van der Waals surface area contributed by atoms with Crippen molar-refractivity contribution in [3.05, 3.63) is 89.8 Å². The number of benzene rings is 1. The molecule has 2 aliphatic rings. The molecule has 18 heavy (non-hydrogen) atoms. The van der Waals surface area contributed by atoms with Gasteiger partial charge in [0.15, 0.2) is 0 Å². The Labute approximate surface area is 107 Å². The van der Waals surface area contributed by atoms with Crippen LogP contribution in [0.1, 0.15) is 6.42 Å². The van der Waals surface area contributed by atoms with Gasteiger partial charge in [-0.3, -0.25) is 0 Å². The molecule has 0 bridgehead atoms. The van der Waals surface area contributed by atoms with E-state index in [0.29, 0.717) is 0 Å². The Balaban J connectivity index is 1.72. The van der Waals surface area contributed by atoms with Gasteiger partial charge < -0.3 is 4.74 Å². The maximum Gasteiger partial charge on any atom is 0.127 e. The van der Waals surface area contributed by atoms with Gasteiger partial charge in [-0.1, -0.05) is 48.6 Å². The maximum absolute atomic E-state index is 5.78. The van der Waals surface area contributed by atoms with Crippen LogP contribution >= 0.6 is 0 Å². The molecule has 0 unspecified atom stereocenters. The summed E-state index contributed by atoms with van der Waals surface area (Å²) >= 11 is 0. The zero-order valence-electron chi connectivity index (χ0n) is 10.0. The highest BCUT2D eigenvalue weighted by atomic mass is 16.5. The second-order valence-corrected chi connectivity index (χ2v) is 4.26.